The molecule has 1 heterocycles. The van der Waals surface area contributed by atoms with Gasteiger partial charge in [0.1, 0.15) is 17.3 Å². The van der Waals surface area contributed by atoms with Crippen LogP contribution in [-0.2, 0) is 17.8 Å². The van der Waals surface area contributed by atoms with Crippen molar-refractivity contribution in [2.24, 2.45) is 0 Å². The number of aliphatic hydroxyl groups excluding tert-OH is 3. The van der Waals surface area contributed by atoms with Crippen molar-refractivity contribution in [3.63, 3.8) is 0 Å². The Morgan fingerprint density at radius 3 is 2.23 bits per heavy atom. The monoisotopic (exact) mass is 543 g/mol. The lowest BCUT2D eigenvalue weighted by Gasteiger charge is -2.19. The average molecular weight is 544 g/mol. The number of benzene rings is 2. The number of aromatic nitrogens is 2. The highest BCUT2D eigenvalue weighted by molar-refractivity contribution is 5.94. The SMILES string of the molecule is CC(C)c1c(C(=O)NCCc2ccccc2)nc(-c2ccc(F)cc2)n1CCC(O)CC(O)CC(=O)O.CO. The second-order valence-corrected chi connectivity index (χ2v) is 9.40. The molecular formula is C29H38FN3O6. The molecule has 212 valence electrons. The van der Waals surface area contributed by atoms with Gasteiger partial charge in [-0.05, 0) is 55.0 Å². The number of carboxylic acid groups (broad SMARTS) is 1. The van der Waals surface area contributed by atoms with Crippen LogP contribution in [0.15, 0.2) is 54.6 Å². The van der Waals surface area contributed by atoms with Gasteiger partial charge in [0.15, 0.2) is 0 Å². The molecule has 0 aliphatic rings. The van der Waals surface area contributed by atoms with E-state index >= 15 is 0 Å². The lowest BCUT2D eigenvalue weighted by Crippen LogP contribution is -2.27. The first-order chi connectivity index (χ1) is 18.7. The van der Waals surface area contributed by atoms with Crippen LogP contribution in [0, 0.1) is 5.82 Å². The van der Waals surface area contributed by atoms with E-state index in [0.29, 0.717) is 30.0 Å². The normalized spacial score (nSPS) is 12.4. The Bertz CT molecular complexity index is 1180. The first-order valence-electron chi connectivity index (χ1n) is 12.9. The number of imidazole rings is 1. The molecule has 10 heteroatoms. The summed E-state index contributed by atoms with van der Waals surface area (Å²) in [6.45, 7) is 4.58. The van der Waals surface area contributed by atoms with Gasteiger partial charge in [0, 0.05) is 25.8 Å². The van der Waals surface area contributed by atoms with E-state index in [4.69, 9.17) is 10.2 Å². The molecule has 2 unspecified atom stereocenters. The van der Waals surface area contributed by atoms with Gasteiger partial charge in [-0.3, -0.25) is 9.59 Å². The lowest BCUT2D eigenvalue weighted by atomic mass is 10.0. The minimum atomic E-state index is -1.16. The van der Waals surface area contributed by atoms with E-state index in [1.165, 1.54) is 12.1 Å². The predicted molar refractivity (Wildman–Crippen MR) is 146 cm³/mol. The molecule has 3 rings (SSSR count). The number of aliphatic carboxylic acids is 1. The van der Waals surface area contributed by atoms with Crippen LogP contribution in [0.25, 0.3) is 11.4 Å². The zero-order valence-corrected chi connectivity index (χ0v) is 22.5. The highest BCUT2D eigenvalue weighted by atomic mass is 19.1. The number of hydrogen-bond acceptors (Lipinski definition) is 6. The molecule has 0 spiro atoms. The summed E-state index contributed by atoms with van der Waals surface area (Å²) in [4.78, 5) is 28.7. The van der Waals surface area contributed by atoms with Gasteiger partial charge in [-0.2, -0.15) is 0 Å². The van der Waals surface area contributed by atoms with E-state index in [0.717, 1.165) is 12.7 Å². The first-order valence-corrected chi connectivity index (χ1v) is 12.9. The van der Waals surface area contributed by atoms with Crippen LogP contribution in [0.3, 0.4) is 0 Å². The Balaban J connectivity index is 0.00000260. The fourth-order valence-corrected chi connectivity index (χ4v) is 4.31. The van der Waals surface area contributed by atoms with Crippen molar-refractivity contribution in [1.82, 2.24) is 14.9 Å². The molecule has 0 aliphatic carbocycles. The summed E-state index contributed by atoms with van der Waals surface area (Å²) < 4.78 is 15.4. The number of aliphatic hydroxyl groups is 3. The molecule has 9 nitrogen and oxygen atoms in total. The molecule has 1 amide bonds. The predicted octanol–water partition coefficient (Wildman–Crippen LogP) is 3.37. The third-order valence-corrected chi connectivity index (χ3v) is 6.05. The van der Waals surface area contributed by atoms with Gasteiger partial charge in [-0.25, -0.2) is 9.37 Å². The molecule has 0 radical (unpaired) electrons. The number of rotatable bonds is 13. The molecule has 1 aromatic heterocycles. The van der Waals surface area contributed by atoms with Gasteiger partial charge in [-0.15, -0.1) is 0 Å². The molecule has 5 N–H and O–H groups in total. The van der Waals surface area contributed by atoms with Gasteiger partial charge in [-0.1, -0.05) is 44.2 Å². The summed E-state index contributed by atoms with van der Waals surface area (Å²) >= 11 is 0. The van der Waals surface area contributed by atoms with Crippen molar-refractivity contribution in [2.75, 3.05) is 13.7 Å². The van der Waals surface area contributed by atoms with Crippen LogP contribution >= 0.6 is 0 Å². The highest BCUT2D eigenvalue weighted by Gasteiger charge is 2.26. The average Bonchev–Trinajstić information content (AvgIpc) is 3.29. The van der Waals surface area contributed by atoms with Crippen molar-refractivity contribution in [3.8, 4) is 11.4 Å². The van der Waals surface area contributed by atoms with Crippen LogP contribution in [0.4, 0.5) is 4.39 Å². The zero-order chi connectivity index (χ0) is 28.9. The van der Waals surface area contributed by atoms with Crippen LogP contribution in [0.5, 0.6) is 0 Å². The number of carbonyl (C=O) groups excluding carboxylic acids is 1. The Kier molecular flexibility index (Phi) is 12.7. The van der Waals surface area contributed by atoms with Crippen LogP contribution in [0.2, 0.25) is 0 Å². The molecule has 0 saturated carbocycles. The summed E-state index contributed by atoms with van der Waals surface area (Å²) in [7, 11) is 1.00. The van der Waals surface area contributed by atoms with E-state index in [1.54, 1.807) is 12.1 Å². The summed E-state index contributed by atoms with van der Waals surface area (Å²) in [5, 5.41) is 39.1. The third-order valence-electron chi connectivity index (χ3n) is 6.05. The first kappa shape index (κ1) is 31.6. The van der Waals surface area contributed by atoms with Gasteiger partial charge in [0.25, 0.3) is 5.91 Å². The Morgan fingerprint density at radius 1 is 1.00 bits per heavy atom. The Morgan fingerprint density at radius 2 is 1.64 bits per heavy atom. The summed E-state index contributed by atoms with van der Waals surface area (Å²) in [5.41, 5.74) is 2.66. The number of halogens is 1. The van der Waals surface area contributed by atoms with Gasteiger partial charge in [0.2, 0.25) is 0 Å². The maximum absolute atomic E-state index is 13.6. The van der Waals surface area contributed by atoms with E-state index in [1.807, 2.05) is 48.7 Å². The zero-order valence-electron chi connectivity index (χ0n) is 22.5. The molecule has 0 fully saturated rings. The van der Waals surface area contributed by atoms with Crippen LogP contribution in [0.1, 0.15) is 60.8 Å². The lowest BCUT2D eigenvalue weighted by molar-refractivity contribution is -0.139. The van der Waals surface area contributed by atoms with Crippen molar-refractivity contribution in [3.05, 3.63) is 77.4 Å². The summed E-state index contributed by atoms with van der Waals surface area (Å²) in [6.07, 6.45) is -1.79. The topological polar surface area (TPSA) is 145 Å². The minimum absolute atomic E-state index is 0.0866. The fourth-order valence-electron chi connectivity index (χ4n) is 4.31. The largest absolute Gasteiger partial charge is 0.481 e. The second kappa shape index (κ2) is 15.7. The van der Waals surface area contributed by atoms with Gasteiger partial charge in [0.05, 0.1) is 24.3 Å². The molecule has 2 aromatic carbocycles. The quantitative estimate of drug-likeness (QED) is 0.222. The number of nitrogens with zero attached hydrogens (tertiary/aromatic N) is 2. The van der Waals surface area contributed by atoms with E-state index in [-0.39, 0.29) is 36.9 Å². The third kappa shape index (κ3) is 9.58. The molecule has 2 atom stereocenters. The molecule has 0 saturated heterocycles. The summed E-state index contributed by atoms with van der Waals surface area (Å²) in [5.74, 6) is -1.48. The van der Waals surface area contributed by atoms with E-state index in [2.05, 4.69) is 10.3 Å². The Hall–Kier alpha value is -3.60. The van der Waals surface area contributed by atoms with E-state index < -0.39 is 30.4 Å². The van der Waals surface area contributed by atoms with Crippen molar-refractivity contribution < 1.29 is 34.4 Å². The van der Waals surface area contributed by atoms with E-state index in [9.17, 15) is 24.2 Å². The van der Waals surface area contributed by atoms with Crippen molar-refractivity contribution in [2.45, 2.75) is 64.2 Å². The smallest absolute Gasteiger partial charge is 0.305 e. The van der Waals surface area contributed by atoms with Gasteiger partial charge >= 0.3 is 5.97 Å². The van der Waals surface area contributed by atoms with Crippen molar-refractivity contribution >= 4 is 11.9 Å². The number of carboxylic acids is 1. The van der Waals surface area contributed by atoms with Crippen molar-refractivity contribution in [1.29, 1.82) is 0 Å². The number of nitrogens with one attached hydrogen (secondary N) is 1. The Labute approximate surface area is 228 Å². The highest BCUT2D eigenvalue weighted by Crippen LogP contribution is 2.29. The molecule has 3 aromatic rings. The number of amides is 1. The number of carbonyl (C=O) groups is 2. The minimum Gasteiger partial charge on any atom is -0.481 e. The maximum Gasteiger partial charge on any atom is 0.305 e. The second-order valence-electron chi connectivity index (χ2n) is 9.40. The molecular weight excluding hydrogens is 505 g/mol. The van der Waals surface area contributed by atoms with Crippen LogP contribution in [-0.4, -0.2) is 67.7 Å². The van der Waals surface area contributed by atoms with Crippen LogP contribution < -0.4 is 5.32 Å². The standard InChI is InChI=1S/C28H34FN3O5.CH4O/c1-18(2)26-25(28(37)30-14-12-19-6-4-3-5-7-19)31-27(20-8-10-21(29)11-9-20)32(26)15-13-22(33)16-23(34)17-24(35)36;1-2/h3-11,18,22-23,33-34H,12-17H2,1-2H3,(H,30,37)(H,35,36);2H,1H3. The fraction of sp³-hybridized carbons (Fsp3) is 0.414. The maximum atomic E-state index is 13.6. The number of hydrogen-bond donors (Lipinski definition) is 5. The summed E-state index contributed by atoms with van der Waals surface area (Å²) in [6, 6.07) is 15.6. The molecule has 39 heavy (non-hydrogen) atoms. The van der Waals surface area contributed by atoms with Gasteiger partial charge < -0.3 is 30.3 Å². The molecule has 0 aliphatic heterocycles. The molecule has 0 bridgehead atoms.